The zero-order valence-corrected chi connectivity index (χ0v) is 18.5. The Morgan fingerprint density at radius 2 is 2.00 bits per heavy atom. The molecule has 1 N–H and O–H groups in total. The van der Waals surface area contributed by atoms with Crippen LogP contribution in [0.1, 0.15) is 15.9 Å². The van der Waals surface area contributed by atoms with Crippen molar-refractivity contribution in [2.75, 3.05) is 38.1 Å². The van der Waals surface area contributed by atoms with Crippen molar-refractivity contribution in [1.82, 2.24) is 14.8 Å². The number of rotatable bonds is 2. The normalized spacial score (nSPS) is 18.6. The van der Waals surface area contributed by atoms with E-state index in [0.717, 1.165) is 16.7 Å². The summed E-state index contributed by atoms with van der Waals surface area (Å²) in [4.78, 5) is 34.0. The second kappa shape index (κ2) is 9.03. The van der Waals surface area contributed by atoms with Crippen LogP contribution in [0.2, 0.25) is 0 Å². The average molecular weight is 443 g/mol. The highest BCUT2D eigenvalue weighted by atomic mass is 16.5. The van der Waals surface area contributed by atoms with E-state index in [1.54, 1.807) is 12.4 Å². The molecule has 0 unspecified atom stereocenters. The van der Waals surface area contributed by atoms with E-state index in [1.165, 1.54) is 0 Å². The van der Waals surface area contributed by atoms with Crippen molar-refractivity contribution >= 4 is 17.5 Å². The molecular formula is C26H26N4O3. The van der Waals surface area contributed by atoms with E-state index in [1.807, 2.05) is 66.4 Å². The van der Waals surface area contributed by atoms with Crippen LogP contribution in [0, 0.1) is 6.92 Å². The summed E-state index contributed by atoms with van der Waals surface area (Å²) in [6.07, 6.45) is 3.52. The van der Waals surface area contributed by atoms with Gasteiger partial charge in [0.2, 0.25) is 5.91 Å². The lowest BCUT2D eigenvalue weighted by Crippen LogP contribution is -2.57. The van der Waals surface area contributed by atoms with Gasteiger partial charge >= 0.3 is 0 Å². The van der Waals surface area contributed by atoms with Crippen LogP contribution in [0.15, 0.2) is 67.0 Å². The second-order valence-corrected chi connectivity index (χ2v) is 8.56. The molecule has 0 spiro atoms. The molecule has 7 nitrogen and oxygen atoms in total. The Morgan fingerprint density at radius 3 is 2.82 bits per heavy atom. The van der Waals surface area contributed by atoms with Gasteiger partial charge in [-0.2, -0.15) is 0 Å². The van der Waals surface area contributed by atoms with Crippen molar-refractivity contribution in [3.8, 4) is 16.9 Å². The lowest BCUT2D eigenvalue weighted by atomic mass is 10.1. The Balaban J connectivity index is 1.35. The summed E-state index contributed by atoms with van der Waals surface area (Å²) >= 11 is 0. The van der Waals surface area contributed by atoms with Crippen LogP contribution in [-0.2, 0) is 4.79 Å². The molecule has 0 radical (unpaired) electrons. The molecule has 1 fully saturated rings. The largest absolute Gasteiger partial charge is 0.490 e. The zero-order valence-electron chi connectivity index (χ0n) is 18.5. The fraction of sp³-hybridized carbons (Fsp3) is 0.269. The number of amides is 2. The summed E-state index contributed by atoms with van der Waals surface area (Å²) in [6.45, 7) is 4.35. The van der Waals surface area contributed by atoms with Crippen LogP contribution in [0.3, 0.4) is 0 Å². The summed E-state index contributed by atoms with van der Waals surface area (Å²) in [6, 6.07) is 17.2. The number of hydrogen-bond donors (Lipinski definition) is 1. The number of aromatic nitrogens is 1. The number of aryl methyl sites for hydroxylation is 1. The molecule has 168 valence electrons. The Kier molecular flexibility index (Phi) is 5.79. The standard InChI is InChI=1S/C26H26N4O3/c1-18-4-2-5-20(12-18)26(32)30-11-10-29-16-25(31)28-23-13-19(21-6-3-9-27-14-21)7-8-24(23)33-17-22(29)15-30/h2-9,12-14,22H,10-11,15-17H2,1H3,(H,28,31)/t22-/m0/s1. The predicted octanol–water partition coefficient (Wildman–Crippen LogP) is 3.21. The van der Waals surface area contributed by atoms with Gasteiger partial charge < -0.3 is 15.0 Å². The van der Waals surface area contributed by atoms with Gasteiger partial charge in [0.1, 0.15) is 12.4 Å². The molecule has 0 saturated carbocycles. The smallest absolute Gasteiger partial charge is 0.253 e. The number of carbonyl (C=O) groups is 2. The van der Waals surface area contributed by atoms with Gasteiger partial charge in [0, 0.05) is 43.2 Å². The zero-order chi connectivity index (χ0) is 22.8. The molecular weight excluding hydrogens is 416 g/mol. The van der Waals surface area contributed by atoms with Gasteiger partial charge in [-0.15, -0.1) is 0 Å². The minimum Gasteiger partial charge on any atom is -0.490 e. The lowest BCUT2D eigenvalue weighted by Gasteiger charge is -2.40. The molecule has 2 amide bonds. The number of fused-ring (bicyclic) bond motifs is 2. The van der Waals surface area contributed by atoms with E-state index >= 15 is 0 Å². The van der Waals surface area contributed by atoms with Crippen LogP contribution < -0.4 is 10.1 Å². The molecule has 1 aromatic heterocycles. The Labute approximate surface area is 193 Å². The lowest BCUT2D eigenvalue weighted by molar-refractivity contribution is -0.118. The fourth-order valence-corrected chi connectivity index (χ4v) is 4.43. The maximum atomic E-state index is 13.1. The molecule has 33 heavy (non-hydrogen) atoms. The highest BCUT2D eigenvalue weighted by Crippen LogP contribution is 2.32. The first kappa shape index (κ1) is 21.2. The van der Waals surface area contributed by atoms with Crippen LogP contribution in [-0.4, -0.2) is 65.4 Å². The molecule has 3 heterocycles. The van der Waals surface area contributed by atoms with Crippen LogP contribution in [0.25, 0.3) is 11.1 Å². The van der Waals surface area contributed by atoms with Crippen molar-refractivity contribution in [3.05, 3.63) is 78.1 Å². The monoisotopic (exact) mass is 442 g/mol. The van der Waals surface area contributed by atoms with E-state index in [-0.39, 0.29) is 24.4 Å². The van der Waals surface area contributed by atoms with Gasteiger partial charge in [-0.1, -0.05) is 29.8 Å². The second-order valence-electron chi connectivity index (χ2n) is 8.56. The van der Waals surface area contributed by atoms with Crippen molar-refractivity contribution < 1.29 is 14.3 Å². The average Bonchev–Trinajstić information content (AvgIpc) is 2.90. The number of hydrogen-bond acceptors (Lipinski definition) is 5. The van der Waals surface area contributed by atoms with Gasteiger partial charge in [-0.25, -0.2) is 0 Å². The highest BCUT2D eigenvalue weighted by Gasteiger charge is 2.33. The number of ether oxygens (including phenoxy) is 1. The Bertz CT molecular complexity index is 1180. The summed E-state index contributed by atoms with van der Waals surface area (Å²) in [7, 11) is 0. The van der Waals surface area contributed by atoms with E-state index in [2.05, 4.69) is 15.2 Å². The topological polar surface area (TPSA) is 74.8 Å². The number of piperazine rings is 1. The third-order valence-electron chi connectivity index (χ3n) is 6.18. The SMILES string of the molecule is Cc1cccc(C(=O)N2CCN3CC(=O)Nc4cc(-c5cccnc5)ccc4OC[C@@H]3C2)c1. The molecule has 0 bridgehead atoms. The third-order valence-corrected chi connectivity index (χ3v) is 6.18. The molecule has 2 aromatic carbocycles. The van der Waals surface area contributed by atoms with Crippen molar-refractivity contribution in [2.24, 2.45) is 0 Å². The number of carbonyl (C=O) groups excluding carboxylic acids is 2. The van der Waals surface area contributed by atoms with Crippen LogP contribution in [0.4, 0.5) is 5.69 Å². The number of nitrogens with zero attached hydrogens (tertiary/aromatic N) is 3. The summed E-state index contributed by atoms with van der Waals surface area (Å²) in [5.41, 5.74) is 4.33. The van der Waals surface area contributed by atoms with Crippen molar-refractivity contribution in [2.45, 2.75) is 13.0 Å². The first-order valence-electron chi connectivity index (χ1n) is 11.1. The number of pyridine rings is 1. The predicted molar refractivity (Wildman–Crippen MR) is 126 cm³/mol. The van der Waals surface area contributed by atoms with Gasteiger partial charge in [-0.3, -0.25) is 19.5 Å². The van der Waals surface area contributed by atoms with Gasteiger partial charge in [-0.05, 0) is 42.8 Å². The van der Waals surface area contributed by atoms with Gasteiger partial charge in [0.05, 0.1) is 18.3 Å². The molecule has 7 heteroatoms. The quantitative estimate of drug-likeness (QED) is 0.660. The fourth-order valence-electron chi connectivity index (χ4n) is 4.43. The minimum absolute atomic E-state index is 0.0178. The summed E-state index contributed by atoms with van der Waals surface area (Å²) in [5.74, 6) is 0.553. The maximum Gasteiger partial charge on any atom is 0.253 e. The van der Waals surface area contributed by atoms with E-state index in [0.29, 0.717) is 43.2 Å². The van der Waals surface area contributed by atoms with Crippen molar-refractivity contribution in [1.29, 1.82) is 0 Å². The molecule has 2 aliphatic heterocycles. The van der Waals surface area contributed by atoms with Gasteiger partial charge in [0.25, 0.3) is 5.91 Å². The molecule has 5 rings (SSSR count). The van der Waals surface area contributed by atoms with Crippen LogP contribution >= 0.6 is 0 Å². The minimum atomic E-state index is -0.0893. The third kappa shape index (κ3) is 4.59. The first-order chi connectivity index (χ1) is 16.1. The number of nitrogens with one attached hydrogen (secondary N) is 1. The molecule has 0 aliphatic carbocycles. The number of anilines is 1. The molecule has 2 aliphatic rings. The van der Waals surface area contributed by atoms with E-state index in [4.69, 9.17) is 4.74 Å². The Morgan fingerprint density at radius 1 is 1.09 bits per heavy atom. The van der Waals surface area contributed by atoms with Crippen molar-refractivity contribution in [3.63, 3.8) is 0 Å². The molecule has 3 aromatic rings. The van der Waals surface area contributed by atoms with Crippen LogP contribution in [0.5, 0.6) is 5.75 Å². The number of benzene rings is 2. The summed E-state index contributed by atoms with van der Waals surface area (Å²) < 4.78 is 6.16. The van der Waals surface area contributed by atoms with E-state index < -0.39 is 0 Å². The summed E-state index contributed by atoms with van der Waals surface area (Å²) in [5, 5.41) is 3.01. The Hall–Kier alpha value is -3.71. The van der Waals surface area contributed by atoms with E-state index in [9.17, 15) is 9.59 Å². The highest BCUT2D eigenvalue weighted by molar-refractivity contribution is 5.95. The molecule has 1 saturated heterocycles. The van der Waals surface area contributed by atoms with Gasteiger partial charge in [0.15, 0.2) is 0 Å². The first-order valence-corrected chi connectivity index (χ1v) is 11.1. The maximum absolute atomic E-state index is 13.1. The molecule has 1 atom stereocenters.